The van der Waals surface area contributed by atoms with E-state index in [2.05, 4.69) is 4.99 Å². The first-order valence-electron chi connectivity index (χ1n) is 9.12. The Hall–Kier alpha value is -3.73. The fourth-order valence-corrected chi connectivity index (χ4v) is 2.51. The van der Waals surface area contributed by atoms with Crippen molar-refractivity contribution in [2.24, 2.45) is 4.99 Å². The van der Waals surface area contributed by atoms with Crippen LogP contribution in [0.3, 0.4) is 0 Å². The highest BCUT2D eigenvalue weighted by atomic mass is 16.5. The molecule has 0 atom stereocenters. The van der Waals surface area contributed by atoms with Crippen molar-refractivity contribution in [3.8, 4) is 23.0 Å². The Kier molecular flexibility index (Phi) is 6.90. The lowest BCUT2D eigenvalue weighted by Gasteiger charge is -2.13. The molecule has 0 heterocycles. The van der Waals surface area contributed by atoms with Crippen molar-refractivity contribution in [3.63, 3.8) is 0 Å². The first kappa shape index (κ1) is 20.0. The molecule has 0 saturated heterocycles. The van der Waals surface area contributed by atoms with Crippen molar-refractivity contribution in [3.05, 3.63) is 90.7 Å². The van der Waals surface area contributed by atoms with Crippen LogP contribution in [0.15, 0.2) is 95.7 Å². The van der Waals surface area contributed by atoms with Gasteiger partial charge in [-0.15, -0.1) is 0 Å². The number of benzene rings is 3. The van der Waals surface area contributed by atoms with Gasteiger partial charge in [-0.05, 0) is 43.3 Å². The molecule has 0 spiro atoms. The molecule has 5 heteroatoms. The molecular weight excluding hydrogens is 366 g/mol. The summed E-state index contributed by atoms with van der Waals surface area (Å²) in [7, 11) is 3.17. The van der Waals surface area contributed by atoms with Gasteiger partial charge in [-0.2, -0.15) is 0 Å². The number of rotatable bonds is 7. The second-order valence-corrected chi connectivity index (χ2v) is 6.10. The van der Waals surface area contributed by atoms with Crippen molar-refractivity contribution >= 4 is 11.6 Å². The summed E-state index contributed by atoms with van der Waals surface area (Å²) in [6.45, 7) is 1.88. The van der Waals surface area contributed by atoms with Crippen LogP contribution < -0.4 is 18.9 Å². The van der Waals surface area contributed by atoms with E-state index in [9.17, 15) is 0 Å². The summed E-state index contributed by atoms with van der Waals surface area (Å²) >= 11 is 0. The highest BCUT2D eigenvalue weighted by Gasteiger charge is 2.11. The van der Waals surface area contributed by atoms with E-state index in [0.29, 0.717) is 23.1 Å². The average molecular weight is 389 g/mol. The summed E-state index contributed by atoms with van der Waals surface area (Å²) in [6.07, 6.45) is 1.62. The molecule has 0 unspecified atom stereocenters. The molecule has 0 aliphatic heterocycles. The Balaban J connectivity index is 1.90. The van der Waals surface area contributed by atoms with Gasteiger partial charge in [-0.25, -0.2) is 4.99 Å². The molecule has 0 aliphatic rings. The molecule has 148 valence electrons. The molecule has 29 heavy (non-hydrogen) atoms. The highest BCUT2D eigenvalue weighted by Crippen LogP contribution is 2.31. The molecule has 3 rings (SSSR count). The van der Waals surface area contributed by atoms with E-state index in [1.165, 1.54) is 0 Å². The minimum atomic E-state index is 0.416. The largest absolute Gasteiger partial charge is 0.493 e. The fourth-order valence-electron chi connectivity index (χ4n) is 2.51. The normalized spacial score (nSPS) is 11.7. The predicted molar refractivity (Wildman–Crippen MR) is 115 cm³/mol. The van der Waals surface area contributed by atoms with Crippen LogP contribution in [0, 0.1) is 0 Å². The number of hydrogen-bond donors (Lipinski definition) is 0. The summed E-state index contributed by atoms with van der Waals surface area (Å²) in [6, 6.07) is 24.5. The number of para-hydroxylation sites is 2. The van der Waals surface area contributed by atoms with Crippen molar-refractivity contribution < 1.29 is 18.9 Å². The first-order chi connectivity index (χ1) is 14.2. The van der Waals surface area contributed by atoms with E-state index in [1.54, 1.807) is 38.7 Å². The van der Waals surface area contributed by atoms with Crippen molar-refractivity contribution in [1.29, 1.82) is 0 Å². The van der Waals surface area contributed by atoms with Gasteiger partial charge in [-0.3, -0.25) is 0 Å². The molecule has 0 radical (unpaired) electrons. The van der Waals surface area contributed by atoms with Gasteiger partial charge < -0.3 is 18.9 Å². The van der Waals surface area contributed by atoms with E-state index in [-0.39, 0.29) is 0 Å². The quantitative estimate of drug-likeness (QED) is 0.291. The first-order valence-corrected chi connectivity index (χ1v) is 9.12. The van der Waals surface area contributed by atoms with Gasteiger partial charge in [0.05, 0.1) is 26.2 Å². The second kappa shape index (κ2) is 9.99. The van der Waals surface area contributed by atoms with Crippen LogP contribution in [0.1, 0.15) is 6.92 Å². The van der Waals surface area contributed by atoms with Gasteiger partial charge in [0.2, 0.25) is 5.90 Å². The lowest BCUT2D eigenvalue weighted by Crippen LogP contribution is -2.11. The summed E-state index contributed by atoms with van der Waals surface area (Å²) in [5.41, 5.74) is 1.50. The molecule has 0 bridgehead atoms. The summed E-state index contributed by atoms with van der Waals surface area (Å²) in [5, 5.41) is 0. The topological polar surface area (TPSA) is 49.3 Å². The monoisotopic (exact) mass is 389 g/mol. The van der Waals surface area contributed by atoms with Gasteiger partial charge in [0.1, 0.15) is 11.5 Å². The van der Waals surface area contributed by atoms with E-state index in [0.717, 1.165) is 17.0 Å². The maximum atomic E-state index is 6.08. The minimum absolute atomic E-state index is 0.416. The summed E-state index contributed by atoms with van der Waals surface area (Å²) in [4.78, 5) is 4.64. The Morgan fingerprint density at radius 1 is 0.759 bits per heavy atom. The average Bonchev–Trinajstić information content (AvgIpc) is 2.78. The van der Waals surface area contributed by atoms with E-state index in [1.807, 2.05) is 67.6 Å². The van der Waals surface area contributed by atoms with Crippen molar-refractivity contribution in [1.82, 2.24) is 0 Å². The third kappa shape index (κ3) is 5.62. The van der Waals surface area contributed by atoms with E-state index >= 15 is 0 Å². The maximum absolute atomic E-state index is 6.08. The second-order valence-electron chi connectivity index (χ2n) is 6.10. The molecule has 0 aliphatic carbocycles. The summed E-state index contributed by atoms with van der Waals surface area (Å²) < 4.78 is 22.5. The van der Waals surface area contributed by atoms with Crippen LogP contribution in [-0.2, 0) is 0 Å². The molecule has 0 N–H and O–H groups in total. The zero-order valence-electron chi connectivity index (χ0n) is 16.7. The molecule has 0 amide bonds. The SMILES string of the molecule is COc1ccc(OC(=N/c2ccccc2)/C(C)=C/Oc2ccccc2)cc1OC. The minimum Gasteiger partial charge on any atom is -0.493 e. The van der Waals surface area contributed by atoms with Crippen LogP contribution >= 0.6 is 0 Å². The zero-order valence-corrected chi connectivity index (χ0v) is 16.7. The fraction of sp³-hybridized carbons (Fsp3) is 0.125. The number of ether oxygens (including phenoxy) is 4. The standard InChI is InChI=1S/C24H23NO4/c1-18(17-28-20-12-8-5-9-13-20)24(25-19-10-6-4-7-11-19)29-21-14-15-22(26-2)23(16-21)27-3/h4-17H,1-3H3/b18-17+,25-24+. The molecule has 5 nitrogen and oxygen atoms in total. The smallest absolute Gasteiger partial charge is 0.225 e. The summed E-state index contributed by atoms with van der Waals surface area (Å²) in [5.74, 6) is 2.92. The van der Waals surface area contributed by atoms with Crippen LogP contribution in [0.5, 0.6) is 23.0 Å². The van der Waals surface area contributed by atoms with Crippen LogP contribution in [0.2, 0.25) is 0 Å². The van der Waals surface area contributed by atoms with Crippen LogP contribution in [0.4, 0.5) is 5.69 Å². The Morgan fingerprint density at radius 2 is 1.41 bits per heavy atom. The molecule has 3 aromatic rings. The van der Waals surface area contributed by atoms with Crippen LogP contribution in [-0.4, -0.2) is 20.1 Å². The molecular formula is C24H23NO4. The van der Waals surface area contributed by atoms with Crippen molar-refractivity contribution in [2.45, 2.75) is 6.92 Å². The van der Waals surface area contributed by atoms with Crippen molar-refractivity contribution in [2.75, 3.05) is 14.2 Å². The van der Waals surface area contributed by atoms with Gasteiger partial charge in [0.25, 0.3) is 0 Å². The van der Waals surface area contributed by atoms with Crippen LogP contribution in [0.25, 0.3) is 0 Å². The van der Waals surface area contributed by atoms with Gasteiger partial charge in [0.15, 0.2) is 11.5 Å². The number of hydrogen-bond acceptors (Lipinski definition) is 5. The van der Waals surface area contributed by atoms with E-state index in [4.69, 9.17) is 18.9 Å². The molecule has 0 aromatic heterocycles. The Labute approximate surface area is 170 Å². The third-order valence-corrected chi connectivity index (χ3v) is 4.01. The molecule has 3 aromatic carbocycles. The van der Waals surface area contributed by atoms with Gasteiger partial charge in [0, 0.05) is 11.6 Å². The maximum Gasteiger partial charge on any atom is 0.225 e. The molecule has 0 fully saturated rings. The molecule has 0 saturated carbocycles. The zero-order chi connectivity index (χ0) is 20.5. The van der Waals surface area contributed by atoms with Gasteiger partial charge in [-0.1, -0.05) is 36.4 Å². The lowest BCUT2D eigenvalue weighted by atomic mass is 10.2. The Morgan fingerprint density at radius 3 is 2.07 bits per heavy atom. The Bertz CT molecular complexity index is 982. The lowest BCUT2D eigenvalue weighted by molar-refractivity contribution is 0.353. The predicted octanol–water partition coefficient (Wildman–Crippen LogP) is 5.80. The highest BCUT2D eigenvalue weighted by molar-refractivity contribution is 5.96. The number of nitrogens with zero attached hydrogens (tertiary/aromatic N) is 1. The third-order valence-electron chi connectivity index (χ3n) is 4.01. The number of methoxy groups -OCH3 is 2. The number of aliphatic imine (C=N–C) groups is 1. The van der Waals surface area contributed by atoms with E-state index < -0.39 is 0 Å². The van der Waals surface area contributed by atoms with Gasteiger partial charge >= 0.3 is 0 Å².